The highest BCUT2D eigenvalue weighted by molar-refractivity contribution is 4.99. The zero-order chi connectivity index (χ0) is 13.2. The van der Waals surface area contributed by atoms with E-state index in [-0.39, 0.29) is 5.54 Å². The Labute approximate surface area is 112 Å². The number of piperazine rings is 1. The van der Waals surface area contributed by atoms with Crippen LogP contribution in [0.25, 0.3) is 0 Å². The van der Waals surface area contributed by atoms with Crippen molar-refractivity contribution in [2.24, 2.45) is 5.92 Å². The molecule has 0 aromatic carbocycles. The third-order valence-electron chi connectivity index (χ3n) is 4.94. The molecule has 0 spiro atoms. The van der Waals surface area contributed by atoms with Gasteiger partial charge in [0.2, 0.25) is 0 Å². The molecule has 2 heterocycles. The van der Waals surface area contributed by atoms with Crippen LogP contribution in [-0.2, 0) is 4.74 Å². The van der Waals surface area contributed by atoms with Crippen molar-refractivity contribution < 1.29 is 4.74 Å². The van der Waals surface area contributed by atoms with Gasteiger partial charge in [0, 0.05) is 43.9 Å². The van der Waals surface area contributed by atoms with E-state index < -0.39 is 0 Å². The second kappa shape index (κ2) is 5.48. The first-order valence-electron chi connectivity index (χ1n) is 7.53. The largest absolute Gasteiger partial charge is 0.381 e. The van der Waals surface area contributed by atoms with E-state index in [1.165, 1.54) is 32.4 Å². The summed E-state index contributed by atoms with van der Waals surface area (Å²) in [6, 6.07) is 0. The van der Waals surface area contributed by atoms with E-state index in [2.05, 4.69) is 37.9 Å². The van der Waals surface area contributed by atoms with Crippen molar-refractivity contribution in [3.05, 3.63) is 0 Å². The topological polar surface area (TPSA) is 24.5 Å². The van der Waals surface area contributed by atoms with Crippen LogP contribution in [0, 0.1) is 5.92 Å². The molecule has 0 radical (unpaired) electrons. The third-order valence-corrected chi connectivity index (χ3v) is 4.94. The molecule has 2 aliphatic heterocycles. The average molecular weight is 254 g/mol. The Morgan fingerprint density at radius 3 is 2.50 bits per heavy atom. The quantitative estimate of drug-likeness (QED) is 0.836. The van der Waals surface area contributed by atoms with Gasteiger partial charge in [-0.05, 0) is 46.0 Å². The lowest BCUT2D eigenvalue weighted by atomic mass is 9.86. The summed E-state index contributed by atoms with van der Waals surface area (Å²) in [5.74, 6) is 0.831. The molecule has 1 unspecified atom stereocenters. The van der Waals surface area contributed by atoms with Crippen molar-refractivity contribution in [1.82, 2.24) is 10.2 Å². The molecule has 0 bridgehead atoms. The summed E-state index contributed by atoms with van der Waals surface area (Å²) in [4.78, 5) is 2.71. The second-order valence-electron chi connectivity index (χ2n) is 7.02. The van der Waals surface area contributed by atoms with Gasteiger partial charge < -0.3 is 10.1 Å². The lowest BCUT2D eigenvalue weighted by Crippen LogP contribution is -2.67. The van der Waals surface area contributed by atoms with Crippen molar-refractivity contribution in [2.75, 3.05) is 32.8 Å². The average Bonchev–Trinajstić information content (AvgIpc) is 2.36. The van der Waals surface area contributed by atoms with Gasteiger partial charge in [0.1, 0.15) is 0 Å². The Balaban J connectivity index is 1.98. The lowest BCUT2D eigenvalue weighted by Gasteiger charge is -2.52. The van der Waals surface area contributed by atoms with E-state index in [1.807, 2.05) is 0 Å². The first kappa shape index (κ1) is 14.3. The fourth-order valence-electron chi connectivity index (χ4n) is 3.02. The van der Waals surface area contributed by atoms with Crippen LogP contribution in [0.2, 0.25) is 0 Å². The van der Waals surface area contributed by atoms with Gasteiger partial charge in [-0.15, -0.1) is 0 Å². The number of hydrogen-bond donors (Lipinski definition) is 1. The van der Waals surface area contributed by atoms with Crippen LogP contribution in [0.1, 0.15) is 47.0 Å². The maximum absolute atomic E-state index is 5.47. The van der Waals surface area contributed by atoms with Gasteiger partial charge >= 0.3 is 0 Å². The zero-order valence-electron chi connectivity index (χ0n) is 12.6. The summed E-state index contributed by atoms with van der Waals surface area (Å²) in [6.45, 7) is 14.8. The molecule has 2 fully saturated rings. The number of ether oxygens (including phenoxy) is 1. The van der Waals surface area contributed by atoms with Crippen LogP contribution in [-0.4, -0.2) is 48.8 Å². The summed E-state index contributed by atoms with van der Waals surface area (Å²) in [6.07, 6.45) is 3.68. The molecular formula is C15H30N2O. The molecule has 2 rings (SSSR count). The fourth-order valence-corrected chi connectivity index (χ4v) is 3.02. The SMILES string of the molecule is CCC1(C)CN(CC2CCOCC2)C(C)(C)CN1. The van der Waals surface area contributed by atoms with E-state index in [0.717, 1.165) is 25.7 Å². The highest BCUT2D eigenvalue weighted by Crippen LogP contribution is 2.28. The second-order valence-corrected chi connectivity index (χ2v) is 7.02. The van der Waals surface area contributed by atoms with Gasteiger partial charge in [-0.3, -0.25) is 4.90 Å². The van der Waals surface area contributed by atoms with Crippen LogP contribution >= 0.6 is 0 Å². The first-order valence-corrected chi connectivity index (χ1v) is 7.53. The van der Waals surface area contributed by atoms with E-state index in [0.29, 0.717) is 5.54 Å². The molecule has 106 valence electrons. The molecule has 3 nitrogen and oxygen atoms in total. The Morgan fingerprint density at radius 2 is 1.89 bits per heavy atom. The van der Waals surface area contributed by atoms with Gasteiger partial charge in [-0.2, -0.15) is 0 Å². The third kappa shape index (κ3) is 3.25. The fraction of sp³-hybridized carbons (Fsp3) is 1.00. The number of nitrogens with one attached hydrogen (secondary N) is 1. The minimum atomic E-state index is 0.285. The van der Waals surface area contributed by atoms with Crippen molar-refractivity contribution in [3.8, 4) is 0 Å². The van der Waals surface area contributed by atoms with E-state index in [9.17, 15) is 0 Å². The van der Waals surface area contributed by atoms with Gasteiger partial charge in [-0.25, -0.2) is 0 Å². The van der Waals surface area contributed by atoms with Gasteiger partial charge in [-0.1, -0.05) is 6.92 Å². The molecule has 0 saturated carbocycles. The predicted octanol–water partition coefficient (Wildman–Crippen LogP) is 2.27. The van der Waals surface area contributed by atoms with Crippen LogP contribution in [0.5, 0.6) is 0 Å². The van der Waals surface area contributed by atoms with Crippen LogP contribution in [0.4, 0.5) is 0 Å². The van der Waals surface area contributed by atoms with Crippen LogP contribution in [0.15, 0.2) is 0 Å². The summed E-state index contributed by atoms with van der Waals surface area (Å²) in [7, 11) is 0. The van der Waals surface area contributed by atoms with Gasteiger partial charge in [0.25, 0.3) is 0 Å². The molecule has 18 heavy (non-hydrogen) atoms. The summed E-state index contributed by atoms with van der Waals surface area (Å²) < 4.78 is 5.47. The standard InChI is InChI=1S/C15H30N2O/c1-5-15(4)12-17(14(2,3)11-16-15)10-13-6-8-18-9-7-13/h13,16H,5-12H2,1-4H3. The highest BCUT2D eigenvalue weighted by atomic mass is 16.5. The Kier molecular flexibility index (Phi) is 4.35. The molecule has 0 aliphatic carbocycles. The van der Waals surface area contributed by atoms with E-state index in [1.54, 1.807) is 0 Å². The Bertz CT molecular complexity index is 274. The number of nitrogens with zero attached hydrogens (tertiary/aromatic N) is 1. The number of hydrogen-bond acceptors (Lipinski definition) is 3. The van der Waals surface area contributed by atoms with E-state index in [4.69, 9.17) is 4.74 Å². The van der Waals surface area contributed by atoms with Crippen molar-refractivity contribution >= 4 is 0 Å². The predicted molar refractivity (Wildman–Crippen MR) is 75.9 cm³/mol. The molecular weight excluding hydrogens is 224 g/mol. The highest BCUT2D eigenvalue weighted by Gasteiger charge is 2.39. The summed E-state index contributed by atoms with van der Waals surface area (Å²) in [5.41, 5.74) is 0.577. The molecule has 0 aromatic heterocycles. The summed E-state index contributed by atoms with van der Waals surface area (Å²) in [5, 5.41) is 3.74. The van der Waals surface area contributed by atoms with E-state index >= 15 is 0 Å². The minimum Gasteiger partial charge on any atom is -0.381 e. The summed E-state index contributed by atoms with van der Waals surface area (Å²) >= 11 is 0. The molecule has 2 saturated heterocycles. The van der Waals surface area contributed by atoms with Gasteiger partial charge in [0.15, 0.2) is 0 Å². The first-order chi connectivity index (χ1) is 8.45. The lowest BCUT2D eigenvalue weighted by molar-refractivity contribution is -0.00542. The Morgan fingerprint density at radius 1 is 1.22 bits per heavy atom. The Hall–Kier alpha value is -0.120. The molecule has 0 aromatic rings. The van der Waals surface area contributed by atoms with Gasteiger partial charge in [0.05, 0.1) is 0 Å². The van der Waals surface area contributed by atoms with Crippen molar-refractivity contribution in [3.63, 3.8) is 0 Å². The monoisotopic (exact) mass is 254 g/mol. The molecule has 3 heteroatoms. The molecule has 0 amide bonds. The minimum absolute atomic E-state index is 0.285. The normalized spacial score (nSPS) is 34.7. The van der Waals surface area contributed by atoms with Crippen molar-refractivity contribution in [1.29, 1.82) is 0 Å². The van der Waals surface area contributed by atoms with Crippen LogP contribution < -0.4 is 5.32 Å². The maximum atomic E-state index is 5.47. The number of rotatable bonds is 3. The van der Waals surface area contributed by atoms with Crippen LogP contribution in [0.3, 0.4) is 0 Å². The maximum Gasteiger partial charge on any atom is 0.0469 e. The molecule has 2 aliphatic rings. The molecule has 1 atom stereocenters. The zero-order valence-corrected chi connectivity index (χ0v) is 12.6. The smallest absolute Gasteiger partial charge is 0.0469 e. The molecule has 1 N–H and O–H groups in total. The van der Waals surface area contributed by atoms with Crippen molar-refractivity contribution in [2.45, 2.75) is 58.0 Å².